The van der Waals surface area contributed by atoms with Crippen LogP contribution in [-0.4, -0.2) is 29.7 Å². The van der Waals surface area contributed by atoms with E-state index in [1.807, 2.05) is 0 Å². The maximum Gasteiger partial charge on any atom is 0.418 e. The molecule has 1 N–H and O–H groups in total. The van der Waals surface area contributed by atoms with Crippen LogP contribution in [0.1, 0.15) is 39.7 Å². The molecule has 2 aromatic rings. The summed E-state index contributed by atoms with van der Waals surface area (Å²) in [6, 6.07) is 6.49. The minimum absolute atomic E-state index is 0.00282. The molecule has 26 heavy (non-hydrogen) atoms. The topological polar surface area (TPSA) is 28.2 Å². The Kier molecular flexibility index (Phi) is 4.90. The van der Waals surface area contributed by atoms with Crippen molar-refractivity contribution in [3.63, 3.8) is 0 Å². The molecule has 0 amide bonds. The number of nitrogens with zero attached hydrogens (tertiary/aromatic N) is 2. The lowest BCUT2D eigenvalue weighted by Crippen LogP contribution is -2.54. The van der Waals surface area contributed by atoms with Crippen molar-refractivity contribution in [2.45, 2.75) is 51.9 Å². The van der Waals surface area contributed by atoms with Gasteiger partial charge < -0.3 is 10.2 Å². The Morgan fingerprint density at radius 3 is 2.50 bits per heavy atom. The first kappa shape index (κ1) is 19.0. The molecule has 1 saturated heterocycles. The number of anilines is 1. The summed E-state index contributed by atoms with van der Waals surface area (Å²) < 4.78 is 40.0. The quantitative estimate of drug-likeness (QED) is 0.824. The van der Waals surface area contributed by atoms with Crippen molar-refractivity contribution in [3.05, 3.63) is 36.0 Å². The van der Waals surface area contributed by atoms with Gasteiger partial charge in [-0.25, -0.2) is 0 Å². The van der Waals surface area contributed by atoms with Gasteiger partial charge in [0, 0.05) is 41.9 Å². The highest BCUT2D eigenvalue weighted by atomic mass is 19.4. The minimum atomic E-state index is -4.41. The average Bonchev–Trinajstić information content (AvgIpc) is 2.50. The summed E-state index contributed by atoms with van der Waals surface area (Å²) >= 11 is 0. The molecule has 1 aliphatic heterocycles. The summed E-state index contributed by atoms with van der Waals surface area (Å²) in [6.07, 6.45) is -1.93. The number of halogens is 3. The molecular formula is C20H26F3N3. The lowest BCUT2D eigenvalue weighted by atomic mass is 9.92. The van der Waals surface area contributed by atoms with Crippen molar-refractivity contribution < 1.29 is 13.2 Å². The number of benzene rings is 1. The number of nitrogens with one attached hydrogen (secondary N) is 1. The number of hydrogen-bond donors (Lipinski definition) is 1. The molecular weight excluding hydrogens is 339 g/mol. The molecule has 0 radical (unpaired) electrons. The number of alkyl halides is 3. The van der Waals surface area contributed by atoms with Crippen molar-refractivity contribution in [2.75, 3.05) is 18.0 Å². The molecule has 3 nitrogen and oxygen atoms in total. The van der Waals surface area contributed by atoms with E-state index < -0.39 is 11.7 Å². The van der Waals surface area contributed by atoms with Gasteiger partial charge in [-0.05, 0) is 57.4 Å². The number of piperidine rings is 1. The van der Waals surface area contributed by atoms with Gasteiger partial charge in [0.15, 0.2) is 0 Å². The maximum atomic E-state index is 13.3. The Morgan fingerprint density at radius 1 is 1.12 bits per heavy atom. The summed E-state index contributed by atoms with van der Waals surface area (Å²) in [7, 11) is 0. The van der Waals surface area contributed by atoms with Crippen molar-refractivity contribution in [2.24, 2.45) is 5.92 Å². The summed E-state index contributed by atoms with van der Waals surface area (Å²) in [5.41, 5.74) is 0.174. The van der Waals surface area contributed by atoms with E-state index in [9.17, 15) is 13.2 Å². The summed E-state index contributed by atoms with van der Waals surface area (Å²) in [5.74, 6) is 0.456. The van der Waals surface area contributed by atoms with Crippen LogP contribution in [0.2, 0.25) is 0 Å². The van der Waals surface area contributed by atoms with Crippen molar-refractivity contribution in [1.82, 2.24) is 10.3 Å². The Labute approximate surface area is 152 Å². The summed E-state index contributed by atoms with van der Waals surface area (Å²) in [5, 5.41) is 4.20. The molecule has 0 spiro atoms. The molecule has 142 valence electrons. The molecule has 0 aliphatic carbocycles. The zero-order chi connectivity index (χ0) is 19.1. The molecule has 1 aliphatic rings. The van der Waals surface area contributed by atoms with E-state index in [4.69, 9.17) is 0 Å². The number of hydrogen-bond acceptors (Lipinski definition) is 3. The smallest absolute Gasteiger partial charge is 0.369 e. The summed E-state index contributed by atoms with van der Waals surface area (Å²) in [4.78, 5) is 6.23. The Hall–Kier alpha value is -1.82. The third-order valence-electron chi connectivity index (χ3n) is 4.69. The molecule has 1 aromatic heterocycles. The van der Waals surface area contributed by atoms with Gasteiger partial charge in [-0.2, -0.15) is 13.2 Å². The predicted octanol–water partition coefficient (Wildman–Crippen LogP) is 4.86. The van der Waals surface area contributed by atoms with Crippen LogP contribution in [0.25, 0.3) is 10.9 Å². The molecule has 3 rings (SSSR count). The van der Waals surface area contributed by atoms with Crippen LogP contribution in [-0.2, 0) is 6.18 Å². The van der Waals surface area contributed by atoms with Crippen LogP contribution in [0.5, 0.6) is 0 Å². The second kappa shape index (κ2) is 6.72. The van der Waals surface area contributed by atoms with E-state index in [-0.39, 0.29) is 11.1 Å². The molecule has 0 bridgehead atoms. The van der Waals surface area contributed by atoms with Crippen LogP contribution in [0.15, 0.2) is 30.5 Å². The van der Waals surface area contributed by atoms with E-state index in [0.29, 0.717) is 17.3 Å². The first-order chi connectivity index (χ1) is 12.0. The van der Waals surface area contributed by atoms with E-state index in [0.717, 1.165) is 31.3 Å². The van der Waals surface area contributed by atoms with Gasteiger partial charge >= 0.3 is 6.18 Å². The predicted molar refractivity (Wildman–Crippen MR) is 99.4 cm³/mol. The first-order valence-electron chi connectivity index (χ1n) is 9.02. The second-order valence-corrected chi connectivity index (χ2v) is 8.37. The van der Waals surface area contributed by atoms with E-state index in [2.05, 4.69) is 42.9 Å². The van der Waals surface area contributed by atoms with Crippen LogP contribution in [0, 0.1) is 5.92 Å². The summed E-state index contributed by atoms with van der Waals surface area (Å²) in [6.45, 7) is 10.2. The van der Waals surface area contributed by atoms with Gasteiger partial charge in [0.05, 0.1) is 11.1 Å². The van der Waals surface area contributed by atoms with Crippen molar-refractivity contribution >= 4 is 16.6 Å². The van der Waals surface area contributed by atoms with Gasteiger partial charge in [-0.3, -0.25) is 4.98 Å². The highest BCUT2D eigenvalue weighted by Crippen LogP contribution is 2.38. The largest absolute Gasteiger partial charge is 0.418 e. The Morgan fingerprint density at radius 2 is 1.85 bits per heavy atom. The monoisotopic (exact) mass is 365 g/mol. The van der Waals surface area contributed by atoms with Crippen molar-refractivity contribution in [1.29, 1.82) is 0 Å². The maximum absolute atomic E-state index is 13.3. The first-order valence-corrected chi connectivity index (χ1v) is 9.02. The third-order valence-corrected chi connectivity index (χ3v) is 4.69. The van der Waals surface area contributed by atoms with Gasteiger partial charge in [-0.15, -0.1) is 0 Å². The average molecular weight is 365 g/mol. The Bertz CT molecular complexity index is 780. The number of pyridine rings is 1. The molecule has 2 atom stereocenters. The zero-order valence-corrected chi connectivity index (χ0v) is 15.7. The standard InChI is InChI=1S/C20H26F3N3/c1-13-10-14(25-19(2,3)4)12-26(11-13)17-8-7-16(20(21,22)23)18-15(17)6-5-9-24-18/h5-9,13-14,25H,10-12H2,1-4H3/t13-,14+/m0/s1. The van der Waals surface area contributed by atoms with Gasteiger partial charge in [-0.1, -0.05) is 6.92 Å². The molecule has 0 saturated carbocycles. The fraction of sp³-hybridized carbons (Fsp3) is 0.550. The van der Waals surface area contributed by atoms with Crippen LogP contribution < -0.4 is 10.2 Å². The van der Waals surface area contributed by atoms with E-state index >= 15 is 0 Å². The minimum Gasteiger partial charge on any atom is -0.369 e. The third kappa shape index (κ3) is 4.11. The number of rotatable bonds is 2. The van der Waals surface area contributed by atoms with Gasteiger partial charge in [0.2, 0.25) is 0 Å². The van der Waals surface area contributed by atoms with E-state index in [1.54, 1.807) is 18.2 Å². The number of fused-ring (bicyclic) bond motifs is 1. The molecule has 2 heterocycles. The Balaban J connectivity index is 2.00. The van der Waals surface area contributed by atoms with Crippen molar-refractivity contribution in [3.8, 4) is 0 Å². The second-order valence-electron chi connectivity index (χ2n) is 8.37. The van der Waals surface area contributed by atoms with Crippen LogP contribution in [0.4, 0.5) is 18.9 Å². The normalized spacial score (nSPS) is 22.0. The van der Waals surface area contributed by atoms with Crippen LogP contribution >= 0.6 is 0 Å². The fourth-order valence-electron chi connectivity index (χ4n) is 3.93. The van der Waals surface area contributed by atoms with Gasteiger partial charge in [0.25, 0.3) is 0 Å². The fourth-order valence-corrected chi connectivity index (χ4v) is 3.93. The van der Waals surface area contributed by atoms with Crippen LogP contribution in [0.3, 0.4) is 0 Å². The zero-order valence-electron chi connectivity index (χ0n) is 15.7. The molecule has 1 fully saturated rings. The molecule has 0 unspecified atom stereocenters. The molecule has 1 aromatic carbocycles. The lowest BCUT2D eigenvalue weighted by molar-refractivity contribution is -0.136. The lowest BCUT2D eigenvalue weighted by Gasteiger charge is -2.41. The molecule has 6 heteroatoms. The highest BCUT2D eigenvalue weighted by molar-refractivity contribution is 5.94. The number of aromatic nitrogens is 1. The SMILES string of the molecule is C[C@H]1C[C@@H](NC(C)(C)C)CN(c2ccc(C(F)(F)F)c3ncccc23)C1. The van der Waals surface area contributed by atoms with Gasteiger partial charge in [0.1, 0.15) is 0 Å². The van der Waals surface area contributed by atoms with E-state index in [1.165, 1.54) is 6.20 Å². The highest BCUT2D eigenvalue weighted by Gasteiger charge is 2.35.